The summed E-state index contributed by atoms with van der Waals surface area (Å²) in [5.41, 5.74) is 1.19. The first-order valence-corrected chi connectivity index (χ1v) is 11.7. The van der Waals surface area contributed by atoms with Crippen LogP contribution in [0.1, 0.15) is 88.5 Å². The van der Waals surface area contributed by atoms with Gasteiger partial charge in [0.25, 0.3) is 0 Å². The zero-order valence-corrected chi connectivity index (χ0v) is 21.7. The number of aliphatic imine (C=N–C) groups is 1. The Kier molecular flexibility index (Phi) is 8.79. The Balaban J connectivity index is 0.00000289. The van der Waals surface area contributed by atoms with Crippen LogP contribution in [-0.2, 0) is 6.42 Å². The number of hydrogen-bond acceptors (Lipinski definition) is 5. The predicted molar refractivity (Wildman–Crippen MR) is 137 cm³/mol. The van der Waals surface area contributed by atoms with E-state index in [1.807, 2.05) is 0 Å². The number of ether oxygens (including phenoxy) is 1. The number of guanidine groups is 1. The Labute approximate surface area is 208 Å². The van der Waals surface area contributed by atoms with Gasteiger partial charge in [0.1, 0.15) is 11.4 Å². The van der Waals surface area contributed by atoms with Gasteiger partial charge in [-0.1, -0.05) is 37.2 Å². The molecule has 1 aliphatic heterocycles. The molecule has 1 atom stereocenters. The first-order valence-electron chi connectivity index (χ1n) is 11.7. The molecule has 2 aromatic rings. The van der Waals surface area contributed by atoms with Gasteiger partial charge in [0.05, 0.1) is 6.04 Å². The minimum absolute atomic E-state index is 0. The van der Waals surface area contributed by atoms with Gasteiger partial charge >= 0.3 is 0 Å². The lowest BCUT2D eigenvalue weighted by Gasteiger charge is -2.40. The van der Waals surface area contributed by atoms with Crippen LogP contribution in [0.25, 0.3) is 0 Å². The highest BCUT2D eigenvalue weighted by Gasteiger charge is 2.43. The third-order valence-electron chi connectivity index (χ3n) is 6.19. The molecule has 0 radical (unpaired) electrons. The largest absolute Gasteiger partial charge is 0.487 e. The van der Waals surface area contributed by atoms with Crippen LogP contribution in [0.3, 0.4) is 0 Å². The molecule has 1 fully saturated rings. The van der Waals surface area contributed by atoms with E-state index >= 15 is 0 Å². The Morgan fingerprint density at radius 1 is 1.25 bits per heavy atom. The third kappa shape index (κ3) is 5.94. The number of aryl methyl sites for hydroxylation is 1. The van der Waals surface area contributed by atoms with Crippen molar-refractivity contribution in [2.75, 3.05) is 13.1 Å². The fourth-order valence-corrected chi connectivity index (χ4v) is 4.58. The quantitative estimate of drug-likeness (QED) is 0.214. The van der Waals surface area contributed by atoms with E-state index in [0.29, 0.717) is 12.4 Å². The molecule has 0 saturated heterocycles. The Morgan fingerprint density at radius 3 is 2.75 bits per heavy atom. The first-order chi connectivity index (χ1) is 15.1. The normalized spacial score (nSPS) is 19.4. The monoisotopic (exact) mass is 553 g/mol. The fraction of sp³-hybridized carbons (Fsp3) is 0.625. The lowest BCUT2D eigenvalue weighted by Crippen LogP contribution is -2.46. The van der Waals surface area contributed by atoms with Gasteiger partial charge in [0.2, 0.25) is 5.89 Å². The molecule has 1 aromatic carbocycles. The van der Waals surface area contributed by atoms with Crippen molar-refractivity contribution in [2.45, 2.75) is 83.3 Å². The Hall–Kier alpha value is -1.84. The molecular formula is C24H36IN5O2. The summed E-state index contributed by atoms with van der Waals surface area (Å²) in [7, 11) is 0. The third-order valence-corrected chi connectivity index (χ3v) is 6.19. The van der Waals surface area contributed by atoms with Gasteiger partial charge in [0, 0.05) is 37.4 Å². The highest BCUT2D eigenvalue weighted by Crippen LogP contribution is 2.46. The van der Waals surface area contributed by atoms with E-state index in [-0.39, 0.29) is 41.5 Å². The van der Waals surface area contributed by atoms with Crippen molar-refractivity contribution < 1.29 is 9.26 Å². The van der Waals surface area contributed by atoms with Crippen LogP contribution in [-0.4, -0.2) is 34.8 Å². The van der Waals surface area contributed by atoms with Gasteiger partial charge in [0.15, 0.2) is 11.8 Å². The fourth-order valence-electron chi connectivity index (χ4n) is 4.58. The minimum atomic E-state index is -0.0323. The molecule has 2 heterocycles. The predicted octanol–water partition coefficient (Wildman–Crippen LogP) is 5.14. The molecule has 1 aliphatic carbocycles. The van der Waals surface area contributed by atoms with Crippen molar-refractivity contribution >= 4 is 29.9 Å². The van der Waals surface area contributed by atoms with E-state index in [1.165, 1.54) is 18.4 Å². The molecule has 8 heteroatoms. The number of benzene rings is 1. The van der Waals surface area contributed by atoms with Gasteiger partial charge in [-0.3, -0.25) is 4.99 Å². The molecule has 2 aliphatic rings. The van der Waals surface area contributed by atoms with Gasteiger partial charge in [-0.15, -0.1) is 24.0 Å². The maximum Gasteiger partial charge on any atom is 0.226 e. The summed E-state index contributed by atoms with van der Waals surface area (Å²) in [6, 6.07) is 8.61. The van der Waals surface area contributed by atoms with E-state index in [0.717, 1.165) is 56.2 Å². The molecule has 7 nitrogen and oxygen atoms in total. The molecule has 32 heavy (non-hydrogen) atoms. The van der Waals surface area contributed by atoms with Gasteiger partial charge < -0.3 is 19.9 Å². The highest BCUT2D eigenvalue weighted by atomic mass is 127. The summed E-state index contributed by atoms with van der Waals surface area (Å²) < 4.78 is 11.8. The maximum absolute atomic E-state index is 6.49. The van der Waals surface area contributed by atoms with Crippen molar-refractivity contribution in [3.63, 3.8) is 0 Å². The van der Waals surface area contributed by atoms with Crippen LogP contribution in [0.2, 0.25) is 0 Å². The summed E-state index contributed by atoms with van der Waals surface area (Å²) in [4.78, 5) is 9.27. The maximum atomic E-state index is 6.49. The summed E-state index contributed by atoms with van der Waals surface area (Å²) >= 11 is 0. The summed E-state index contributed by atoms with van der Waals surface area (Å²) in [6.45, 7) is 7.75. The second kappa shape index (κ2) is 11.3. The Bertz CT molecular complexity index is 892. The van der Waals surface area contributed by atoms with Gasteiger partial charge in [-0.2, -0.15) is 4.98 Å². The average molecular weight is 553 g/mol. The SMILES string of the molecule is CCNC(=NCCCc1nc(C(C)C)no1)NC1CC2(CCCC2)Oc2ccccc21.I. The molecule has 1 unspecified atom stereocenters. The van der Waals surface area contributed by atoms with Crippen molar-refractivity contribution in [3.8, 4) is 5.75 Å². The number of para-hydroxylation sites is 1. The standard InChI is InChI=1S/C24H35N5O2.HI/c1-4-25-23(26-15-9-12-21-28-22(17(2)3)29-31-21)27-19-16-24(13-7-8-14-24)30-20-11-6-5-10-18(19)20;/h5-6,10-11,17,19H,4,7-9,12-16H2,1-3H3,(H2,25,26,27);1H. The van der Waals surface area contributed by atoms with Crippen molar-refractivity contribution in [1.29, 1.82) is 0 Å². The number of rotatable bonds is 7. The van der Waals surface area contributed by atoms with E-state index in [4.69, 9.17) is 14.3 Å². The van der Waals surface area contributed by atoms with Crippen LogP contribution in [0, 0.1) is 0 Å². The van der Waals surface area contributed by atoms with E-state index in [2.05, 4.69) is 65.8 Å². The number of hydrogen-bond donors (Lipinski definition) is 2. The number of nitrogens with zero attached hydrogens (tertiary/aromatic N) is 3. The number of nitrogens with one attached hydrogen (secondary N) is 2. The summed E-state index contributed by atoms with van der Waals surface area (Å²) in [5, 5.41) is 11.1. The van der Waals surface area contributed by atoms with Crippen molar-refractivity contribution in [2.24, 2.45) is 4.99 Å². The number of fused-ring (bicyclic) bond motifs is 1. The second-order valence-electron chi connectivity index (χ2n) is 9.00. The van der Waals surface area contributed by atoms with Gasteiger partial charge in [-0.25, -0.2) is 0 Å². The molecule has 2 N–H and O–H groups in total. The smallest absolute Gasteiger partial charge is 0.226 e. The lowest BCUT2D eigenvalue weighted by atomic mass is 9.86. The van der Waals surface area contributed by atoms with Crippen LogP contribution >= 0.6 is 24.0 Å². The molecule has 1 aromatic heterocycles. The van der Waals surface area contributed by atoms with Crippen LogP contribution in [0.5, 0.6) is 5.75 Å². The Morgan fingerprint density at radius 2 is 2.03 bits per heavy atom. The van der Waals surface area contributed by atoms with Crippen molar-refractivity contribution in [3.05, 3.63) is 41.5 Å². The molecule has 0 amide bonds. The number of halogens is 1. The number of aromatic nitrogens is 2. The van der Waals surface area contributed by atoms with Crippen LogP contribution in [0.15, 0.2) is 33.8 Å². The van der Waals surface area contributed by atoms with E-state index < -0.39 is 0 Å². The molecule has 176 valence electrons. The second-order valence-corrected chi connectivity index (χ2v) is 9.00. The zero-order chi connectivity index (χ0) is 21.7. The molecule has 1 saturated carbocycles. The van der Waals surface area contributed by atoms with E-state index in [1.54, 1.807) is 0 Å². The van der Waals surface area contributed by atoms with Crippen molar-refractivity contribution in [1.82, 2.24) is 20.8 Å². The summed E-state index contributed by atoms with van der Waals surface area (Å²) in [6.07, 6.45) is 7.35. The zero-order valence-electron chi connectivity index (χ0n) is 19.4. The summed E-state index contributed by atoms with van der Waals surface area (Å²) in [5.74, 6) is 3.61. The highest BCUT2D eigenvalue weighted by molar-refractivity contribution is 14.0. The lowest BCUT2D eigenvalue weighted by molar-refractivity contribution is 0.0396. The average Bonchev–Trinajstić information content (AvgIpc) is 3.41. The minimum Gasteiger partial charge on any atom is -0.487 e. The van der Waals surface area contributed by atoms with Gasteiger partial charge in [-0.05, 0) is 45.1 Å². The molecule has 0 bridgehead atoms. The topological polar surface area (TPSA) is 84.6 Å². The molecule has 1 spiro atoms. The molecule has 4 rings (SSSR count). The molecular weight excluding hydrogens is 517 g/mol. The van der Waals surface area contributed by atoms with E-state index in [9.17, 15) is 0 Å². The van der Waals surface area contributed by atoms with Crippen LogP contribution in [0.4, 0.5) is 0 Å². The van der Waals surface area contributed by atoms with Crippen LogP contribution < -0.4 is 15.4 Å². The first kappa shape index (κ1) is 24.8.